The van der Waals surface area contributed by atoms with Crippen LogP contribution < -0.4 is 9.64 Å². The average Bonchev–Trinajstić information content (AvgIpc) is 3.58. The zero-order valence-electron chi connectivity index (χ0n) is 24.3. The van der Waals surface area contributed by atoms with Crippen LogP contribution in [0.15, 0.2) is 48.0 Å². The standard InChI is InChI=1S/C34H39F2N5O/c1-24(26-10-2-8-25-9-3-11-28(36)30(25)26)37-21-27-29(20-35)38-32(42-23-34-15-6-18-41(34)19-7-16-34)39-31(27)40-17-5-14-33(22-40)12-4-13-33/h2-3,8-11,21H,1,4-7,12-20,22-23H2/b37-21-. The molecule has 0 unspecified atom stereocenters. The first-order chi connectivity index (χ1) is 20.5. The topological polar surface area (TPSA) is 53.9 Å². The van der Waals surface area contributed by atoms with Gasteiger partial charge in [0, 0.05) is 30.3 Å². The summed E-state index contributed by atoms with van der Waals surface area (Å²) in [6.45, 7) is 7.88. The molecule has 1 spiro atoms. The van der Waals surface area contributed by atoms with Crippen LogP contribution in [0, 0.1) is 11.2 Å². The monoisotopic (exact) mass is 571 g/mol. The van der Waals surface area contributed by atoms with E-state index in [2.05, 4.69) is 26.4 Å². The Balaban J connectivity index is 1.23. The van der Waals surface area contributed by atoms with Crippen molar-refractivity contribution >= 4 is 28.5 Å². The Morgan fingerprint density at radius 1 is 0.976 bits per heavy atom. The molecule has 1 saturated carbocycles. The first-order valence-electron chi connectivity index (χ1n) is 15.5. The van der Waals surface area contributed by atoms with Gasteiger partial charge in [-0.25, -0.2) is 8.78 Å². The molecule has 220 valence electrons. The molecule has 42 heavy (non-hydrogen) atoms. The second kappa shape index (κ2) is 11.0. The third-order valence-corrected chi connectivity index (χ3v) is 10.3. The normalized spacial score (nSPS) is 21.2. The second-order valence-corrected chi connectivity index (χ2v) is 12.8. The van der Waals surface area contributed by atoms with Crippen LogP contribution in [-0.2, 0) is 6.67 Å². The first kappa shape index (κ1) is 27.4. The quantitative estimate of drug-likeness (QED) is 0.270. The van der Waals surface area contributed by atoms with Gasteiger partial charge in [-0.3, -0.25) is 9.89 Å². The van der Waals surface area contributed by atoms with Gasteiger partial charge in [-0.1, -0.05) is 43.3 Å². The van der Waals surface area contributed by atoms with Crippen molar-refractivity contribution in [3.8, 4) is 6.01 Å². The molecular formula is C34H39F2N5O. The van der Waals surface area contributed by atoms with Gasteiger partial charge < -0.3 is 9.64 Å². The van der Waals surface area contributed by atoms with Gasteiger partial charge in [-0.05, 0) is 81.3 Å². The Kier molecular flexibility index (Phi) is 7.21. The Bertz CT molecular complexity index is 1520. The second-order valence-electron chi connectivity index (χ2n) is 12.8. The number of aromatic nitrogens is 2. The number of aliphatic imine (C=N–C) groups is 1. The van der Waals surface area contributed by atoms with E-state index < -0.39 is 6.67 Å². The van der Waals surface area contributed by atoms with Gasteiger partial charge in [-0.15, -0.1) is 0 Å². The highest BCUT2D eigenvalue weighted by atomic mass is 19.1. The van der Waals surface area contributed by atoms with E-state index in [1.807, 2.05) is 24.3 Å². The molecule has 3 saturated heterocycles. The van der Waals surface area contributed by atoms with Crippen molar-refractivity contribution in [1.29, 1.82) is 0 Å². The molecule has 3 aliphatic heterocycles. The molecule has 4 fully saturated rings. The van der Waals surface area contributed by atoms with Crippen LogP contribution in [0.2, 0.25) is 0 Å². The Labute approximate surface area is 246 Å². The molecule has 3 aromatic rings. The average molecular weight is 572 g/mol. The molecule has 1 aromatic heterocycles. The zero-order valence-corrected chi connectivity index (χ0v) is 24.3. The fourth-order valence-corrected chi connectivity index (χ4v) is 7.90. The number of piperidine rings is 1. The van der Waals surface area contributed by atoms with E-state index in [1.165, 1.54) is 44.6 Å². The van der Waals surface area contributed by atoms with Crippen molar-refractivity contribution in [2.75, 3.05) is 37.7 Å². The van der Waals surface area contributed by atoms with E-state index in [1.54, 1.807) is 12.3 Å². The first-order valence-corrected chi connectivity index (χ1v) is 15.5. The third kappa shape index (κ3) is 4.87. The van der Waals surface area contributed by atoms with Crippen LogP contribution in [0.25, 0.3) is 16.5 Å². The van der Waals surface area contributed by atoms with Crippen LogP contribution in [0.5, 0.6) is 6.01 Å². The van der Waals surface area contributed by atoms with Crippen molar-refractivity contribution in [1.82, 2.24) is 14.9 Å². The number of hydrogen-bond donors (Lipinski definition) is 0. The minimum absolute atomic E-state index is 0.0477. The van der Waals surface area contributed by atoms with E-state index in [0.29, 0.717) is 40.0 Å². The lowest BCUT2D eigenvalue weighted by Gasteiger charge is -2.49. The Morgan fingerprint density at radius 3 is 2.45 bits per heavy atom. The SMILES string of the molecule is C=C(/N=C\c1c(CF)nc(OCC23CCCN2CCC3)nc1N1CCCC2(CCC2)C1)c1cccc2cccc(F)c12. The molecule has 2 aromatic carbocycles. The van der Waals surface area contributed by atoms with Crippen molar-refractivity contribution in [3.63, 3.8) is 0 Å². The van der Waals surface area contributed by atoms with Gasteiger partial charge in [0.25, 0.3) is 0 Å². The molecule has 0 amide bonds. The van der Waals surface area contributed by atoms with E-state index >= 15 is 0 Å². The number of rotatable bonds is 8. The lowest BCUT2D eigenvalue weighted by molar-refractivity contribution is 0.104. The summed E-state index contributed by atoms with van der Waals surface area (Å²) in [4.78, 5) is 19.0. The molecule has 0 N–H and O–H groups in total. The van der Waals surface area contributed by atoms with Gasteiger partial charge >= 0.3 is 6.01 Å². The van der Waals surface area contributed by atoms with Crippen molar-refractivity contribution < 1.29 is 13.5 Å². The van der Waals surface area contributed by atoms with E-state index in [9.17, 15) is 8.78 Å². The van der Waals surface area contributed by atoms with E-state index in [4.69, 9.17) is 9.72 Å². The number of benzene rings is 2. The third-order valence-electron chi connectivity index (χ3n) is 10.3. The molecule has 4 aliphatic rings. The Morgan fingerprint density at radius 2 is 1.71 bits per heavy atom. The molecular weight excluding hydrogens is 532 g/mol. The molecule has 0 bridgehead atoms. The lowest BCUT2D eigenvalue weighted by atomic mass is 9.64. The fraction of sp³-hybridized carbons (Fsp3) is 0.500. The predicted octanol–water partition coefficient (Wildman–Crippen LogP) is 7.11. The van der Waals surface area contributed by atoms with Gasteiger partial charge in [0.15, 0.2) is 0 Å². The number of anilines is 1. The predicted molar refractivity (Wildman–Crippen MR) is 163 cm³/mol. The van der Waals surface area contributed by atoms with Crippen LogP contribution in [0.1, 0.15) is 74.6 Å². The van der Waals surface area contributed by atoms with Crippen molar-refractivity contribution in [3.05, 3.63) is 65.6 Å². The highest BCUT2D eigenvalue weighted by molar-refractivity contribution is 5.97. The van der Waals surface area contributed by atoms with Crippen LogP contribution >= 0.6 is 0 Å². The van der Waals surface area contributed by atoms with Gasteiger partial charge in [0.05, 0.1) is 22.5 Å². The van der Waals surface area contributed by atoms with Crippen LogP contribution in [0.3, 0.4) is 0 Å². The van der Waals surface area contributed by atoms with Crippen molar-refractivity contribution in [2.24, 2.45) is 10.4 Å². The smallest absolute Gasteiger partial charge is 0.318 e. The number of alkyl halides is 1. The summed E-state index contributed by atoms with van der Waals surface area (Å²) >= 11 is 0. The summed E-state index contributed by atoms with van der Waals surface area (Å²) in [6, 6.07) is 10.8. The molecule has 7 rings (SSSR count). The fourth-order valence-electron chi connectivity index (χ4n) is 7.90. The molecule has 0 atom stereocenters. The summed E-state index contributed by atoms with van der Waals surface area (Å²) in [5.41, 5.74) is 2.17. The summed E-state index contributed by atoms with van der Waals surface area (Å²) in [6.07, 6.45) is 12.2. The molecule has 1 aliphatic carbocycles. The largest absolute Gasteiger partial charge is 0.461 e. The van der Waals surface area contributed by atoms with Crippen LogP contribution in [0.4, 0.5) is 14.6 Å². The highest BCUT2D eigenvalue weighted by Gasteiger charge is 2.45. The summed E-state index contributed by atoms with van der Waals surface area (Å²) in [7, 11) is 0. The number of fused-ring (bicyclic) bond motifs is 2. The molecule has 8 heteroatoms. The minimum Gasteiger partial charge on any atom is -0.461 e. The van der Waals surface area contributed by atoms with E-state index in [-0.39, 0.29) is 23.1 Å². The van der Waals surface area contributed by atoms with Crippen molar-refractivity contribution in [2.45, 2.75) is 70.0 Å². The summed E-state index contributed by atoms with van der Waals surface area (Å²) in [5, 5.41) is 1.25. The zero-order chi connectivity index (χ0) is 28.7. The number of halogens is 2. The van der Waals surface area contributed by atoms with Gasteiger partial charge in [-0.2, -0.15) is 9.97 Å². The van der Waals surface area contributed by atoms with Crippen LogP contribution in [-0.4, -0.2) is 59.4 Å². The highest BCUT2D eigenvalue weighted by Crippen LogP contribution is 2.48. The molecule has 0 radical (unpaired) electrons. The number of hydrogen-bond acceptors (Lipinski definition) is 6. The molecule has 4 heterocycles. The van der Waals surface area contributed by atoms with Gasteiger partial charge in [0.2, 0.25) is 0 Å². The maximum absolute atomic E-state index is 14.8. The lowest BCUT2D eigenvalue weighted by Crippen LogP contribution is -2.47. The molecule has 6 nitrogen and oxygen atoms in total. The maximum Gasteiger partial charge on any atom is 0.318 e. The number of nitrogens with zero attached hydrogens (tertiary/aromatic N) is 5. The summed E-state index contributed by atoms with van der Waals surface area (Å²) in [5.74, 6) is 0.350. The van der Waals surface area contributed by atoms with E-state index in [0.717, 1.165) is 50.8 Å². The Hall–Kier alpha value is -3.39. The summed E-state index contributed by atoms with van der Waals surface area (Å²) < 4.78 is 35.8. The minimum atomic E-state index is -0.765. The van der Waals surface area contributed by atoms with Gasteiger partial charge in [0.1, 0.15) is 24.9 Å². The maximum atomic E-state index is 14.8. The number of ether oxygens (including phenoxy) is 1.